The third kappa shape index (κ3) is 6.79. The molecule has 14 nitrogen and oxygen atoms in total. The summed E-state index contributed by atoms with van der Waals surface area (Å²) in [7, 11) is 0. The molecule has 4 heterocycles. The van der Waals surface area contributed by atoms with Crippen LogP contribution in [-0.4, -0.2) is 101 Å². The Balaban J connectivity index is 1.07. The molecule has 15 heteroatoms. The van der Waals surface area contributed by atoms with Crippen molar-refractivity contribution in [1.29, 1.82) is 5.26 Å². The molecule has 46 heavy (non-hydrogen) atoms. The molecule has 6 rings (SSSR count). The Bertz CT molecular complexity index is 1600. The monoisotopic (exact) mass is 629 g/mol. The second-order valence-corrected chi connectivity index (χ2v) is 11.3. The number of benzene rings is 2. The van der Waals surface area contributed by atoms with E-state index in [0.29, 0.717) is 23.4 Å². The van der Waals surface area contributed by atoms with Gasteiger partial charge in [0.15, 0.2) is 12.0 Å². The molecule has 3 aliphatic rings. The zero-order valence-corrected chi connectivity index (χ0v) is 25.2. The van der Waals surface area contributed by atoms with Gasteiger partial charge in [-0.1, -0.05) is 0 Å². The van der Waals surface area contributed by atoms with Gasteiger partial charge in [0.1, 0.15) is 29.9 Å². The number of nitrogens with one attached hydrogen (secondary N) is 2. The number of piperidine rings is 1. The van der Waals surface area contributed by atoms with Gasteiger partial charge in [-0.3, -0.25) is 15.5 Å². The largest absolute Gasteiger partial charge is 0.486 e. The molecule has 1 amide bonds. The maximum atomic E-state index is 15.0. The molecule has 0 spiro atoms. The van der Waals surface area contributed by atoms with Crippen molar-refractivity contribution in [1.82, 2.24) is 30.2 Å². The Hall–Kier alpha value is -5.04. The van der Waals surface area contributed by atoms with E-state index in [0.717, 1.165) is 57.0 Å². The van der Waals surface area contributed by atoms with Gasteiger partial charge in [-0.15, -0.1) is 0 Å². The Labute approximate surface area is 265 Å². The Morgan fingerprint density at radius 1 is 1.11 bits per heavy atom. The van der Waals surface area contributed by atoms with Gasteiger partial charge < -0.3 is 35.7 Å². The summed E-state index contributed by atoms with van der Waals surface area (Å²) in [6.07, 6.45) is 0.334. The van der Waals surface area contributed by atoms with E-state index in [9.17, 15) is 10.1 Å². The molecule has 2 atom stereocenters. The van der Waals surface area contributed by atoms with Gasteiger partial charge in [-0.25, -0.2) is 14.4 Å². The molecule has 0 saturated carbocycles. The highest BCUT2D eigenvalue weighted by Gasteiger charge is 2.34. The van der Waals surface area contributed by atoms with Gasteiger partial charge >= 0.3 is 0 Å². The van der Waals surface area contributed by atoms with Crippen LogP contribution in [0.3, 0.4) is 0 Å². The number of aromatic nitrogens is 3. The predicted octanol–water partition coefficient (Wildman–Crippen LogP) is 1.26. The van der Waals surface area contributed by atoms with Crippen molar-refractivity contribution in [3.63, 3.8) is 0 Å². The molecule has 0 unspecified atom stereocenters. The van der Waals surface area contributed by atoms with Gasteiger partial charge in [-0.2, -0.15) is 10.2 Å². The van der Waals surface area contributed by atoms with Gasteiger partial charge in [-0.05, 0) is 42.5 Å². The number of hydrazine groups is 1. The number of nitrogens with two attached hydrogens (primary N) is 2. The number of alkyl halides is 1. The summed E-state index contributed by atoms with van der Waals surface area (Å²) >= 11 is 0. The number of ether oxygens (including phenoxy) is 2. The van der Waals surface area contributed by atoms with Crippen molar-refractivity contribution in [2.24, 2.45) is 11.6 Å². The van der Waals surface area contributed by atoms with E-state index >= 15 is 4.39 Å². The summed E-state index contributed by atoms with van der Waals surface area (Å²) < 4.78 is 26.3. The number of rotatable bonds is 9. The molecule has 240 valence electrons. The maximum Gasteiger partial charge on any atom is 0.272 e. The van der Waals surface area contributed by atoms with Crippen molar-refractivity contribution in [3.05, 3.63) is 66.3 Å². The van der Waals surface area contributed by atoms with Gasteiger partial charge in [0.05, 0.1) is 31.4 Å². The van der Waals surface area contributed by atoms with E-state index in [4.69, 9.17) is 21.1 Å². The molecule has 3 aliphatic heterocycles. The van der Waals surface area contributed by atoms with E-state index in [-0.39, 0.29) is 36.5 Å². The molecule has 0 radical (unpaired) electrons. The maximum absolute atomic E-state index is 15.0. The smallest absolute Gasteiger partial charge is 0.272 e. The zero-order valence-electron chi connectivity index (χ0n) is 25.2. The van der Waals surface area contributed by atoms with Crippen molar-refractivity contribution >= 4 is 23.2 Å². The second-order valence-electron chi connectivity index (χ2n) is 11.3. The van der Waals surface area contributed by atoms with Crippen LogP contribution >= 0.6 is 0 Å². The summed E-state index contributed by atoms with van der Waals surface area (Å²) in [6, 6.07) is 15.7. The standard InChI is InChI=1S/C31H36FN11O3/c32-25-16-43(30(44)26(15-34)40-35)8-7-28(25)46-27-6-1-20(13-21(27)14-33)29-36-19-37-31(39-29)38-22-2-4-23(5-3-22)41-9-11-42(12-10-41)24-17-45-18-24/h1-6,13,15,19,24-25,28,40H,7-12,16-18,34-35H2,(H,36,37,38,39)/b26-15-/t25-,28+/m1/s1. The zero-order chi connectivity index (χ0) is 32.0. The number of nitriles is 1. The topological polar surface area (TPSA) is 184 Å². The van der Waals surface area contributed by atoms with E-state index in [2.05, 4.69) is 53.7 Å². The first-order valence-electron chi connectivity index (χ1n) is 15.1. The van der Waals surface area contributed by atoms with E-state index in [1.54, 1.807) is 18.2 Å². The van der Waals surface area contributed by atoms with Crippen LogP contribution in [0.15, 0.2) is 60.7 Å². The van der Waals surface area contributed by atoms with Crippen molar-refractivity contribution in [2.45, 2.75) is 24.7 Å². The van der Waals surface area contributed by atoms with Crippen LogP contribution in [0.5, 0.6) is 5.75 Å². The van der Waals surface area contributed by atoms with Crippen LogP contribution < -0.4 is 32.0 Å². The van der Waals surface area contributed by atoms with Crippen LogP contribution in [-0.2, 0) is 9.53 Å². The molecule has 3 saturated heterocycles. The fraction of sp³-hybridized carbons (Fsp3) is 0.387. The normalized spacial score (nSPS) is 20.8. The lowest BCUT2D eigenvalue weighted by Crippen LogP contribution is -2.56. The Kier molecular flexibility index (Phi) is 9.38. The SMILES string of the molecule is N#Cc1cc(-c2ncnc(Nc3ccc(N4CCN(C5COC5)CC4)cc3)n2)ccc1O[C@H]1CCN(C(=O)/C(=C/N)NN)C[C@H]1F. The number of hydrogen-bond acceptors (Lipinski definition) is 13. The molecular weight excluding hydrogens is 593 g/mol. The Morgan fingerprint density at radius 3 is 2.54 bits per heavy atom. The Morgan fingerprint density at radius 2 is 1.89 bits per heavy atom. The van der Waals surface area contributed by atoms with Gasteiger partial charge in [0, 0.05) is 62.3 Å². The average Bonchev–Trinajstić information content (AvgIpc) is 3.06. The number of halogens is 1. The minimum Gasteiger partial charge on any atom is -0.486 e. The molecular formula is C31H36FN11O3. The molecule has 3 aromatic rings. The average molecular weight is 630 g/mol. The van der Waals surface area contributed by atoms with E-state index in [1.807, 2.05) is 12.1 Å². The van der Waals surface area contributed by atoms with Crippen LogP contribution in [0.1, 0.15) is 12.0 Å². The fourth-order valence-electron chi connectivity index (χ4n) is 5.73. The predicted molar refractivity (Wildman–Crippen MR) is 168 cm³/mol. The number of nitrogens with zero attached hydrogens (tertiary/aromatic N) is 7. The highest BCUT2D eigenvalue weighted by molar-refractivity contribution is 5.92. The highest BCUT2D eigenvalue weighted by Crippen LogP contribution is 2.29. The number of amides is 1. The molecule has 3 fully saturated rings. The number of carbonyl (C=O) groups excluding carboxylic acids is 1. The van der Waals surface area contributed by atoms with Crippen molar-refractivity contribution in [3.8, 4) is 23.2 Å². The second kappa shape index (κ2) is 13.9. The number of anilines is 3. The fourth-order valence-corrected chi connectivity index (χ4v) is 5.73. The first-order valence-corrected chi connectivity index (χ1v) is 15.1. The highest BCUT2D eigenvalue weighted by atomic mass is 19.1. The van der Waals surface area contributed by atoms with Crippen molar-refractivity contribution in [2.75, 3.05) is 62.7 Å². The molecule has 2 aromatic carbocycles. The summed E-state index contributed by atoms with van der Waals surface area (Å²) in [5.74, 6) is 5.76. The third-order valence-electron chi connectivity index (χ3n) is 8.47. The summed E-state index contributed by atoms with van der Waals surface area (Å²) in [6.45, 7) is 5.74. The van der Waals surface area contributed by atoms with Crippen LogP contribution in [0.4, 0.5) is 21.7 Å². The lowest BCUT2D eigenvalue weighted by Gasteiger charge is -2.43. The third-order valence-corrected chi connectivity index (χ3v) is 8.47. The minimum absolute atomic E-state index is 0.0244. The lowest BCUT2D eigenvalue weighted by molar-refractivity contribution is -0.131. The van der Waals surface area contributed by atoms with Gasteiger partial charge in [0.25, 0.3) is 5.91 Å². The number of piperazine rings is 1. The van der Waals surface area contributed by atoms with E-state index in [1.165, 1.54) is 11.2 Å². The number of carbonyl (C=O) groups is 1. The summed E-state index contributed by atoms with van der Waals surface area (Å²) in [5.41, 5.74) is 10.4. The number of hydrogen-bond donors (Lipinski definition) is 4. The first-order chi connectivity index (χ1) is 22.4. The quantitative estimate of drug-likeness (QED) is 0.151. The van der Waals surface area contributed by atoms with Crippen LogP contribution in [0, 0.1) is 11.3 Å². The van der Waals surface area contributed by atoms with Gasteiger partial charge in [0.2, 0.25) is 5.95 Å². The number of likely N-dealkylation sites (tertiary alicyclic amines) is 1. The summed E-state index contributed by atoms with van der Waals surface area (Å²) in [5, 5.41) is 13.1. The molecule has 0 aliphatic carbocycles. The molecule has 1 aromatic heterocycles. The first kappa shape index (κ1) is 31.0. The van der Waals surface area contributed by atoms with E-state index < -0.39 is 18.2 Å². The van der Waals surface area contributed by atoms with Crippen LogP contribution in [0.25, 0.3) is 11.4 Å². The molecule has 6 N–H and O–H groups in total. The van der Waals surface area contributed by atoms with Crippen LogP contribution in [0.2, 0.25) is 0 Å². The lowest BCUT2D eigenvalue weighted by atomic mass is 10.0. The molecule has 0 bridgehead atoms. The summed E-state index contributed by atoms with van der Waals surface area (Å²) in [4.78, 5) is 31.7. The van der Waals surface area contributed by atoms with Crippen molar-refractivity contribution < 1.29 is 18.7 Å². The minimum atomic E-state index is -1.48.